The van der Waals surface area contributed by atoms with Crippen LogP contribution in [0, 0.1) is 0 Å². The summed E-state index contributed by atoms with van der Waals surface area (Å²) < 4.78 is 15.0. The van der Waals surface area contributed by atoms with Gasteiger partial charge in [0, 0.05) is 6.07 Å². The molecular weight excluding hydrogens is 198 g/mol. The lowest BCUT2D eigenvalue weighted by molar-refractivity contribution is 0.101. The van der Waals surface area contributed by atoms with Crippen LogP contribution in [0.25, 0.3) is 0 Å². The molecule has 0 atom stereocenters. The molecule has 0 aliphatic rings. The number of ketones is 1. The van der Waals surface area contributed by atoms with Crippen molar-refractivity contribution in [2.24, 2.45) is 0 Å². The molecule has 1 heterocycles. The van der Waals surface area contributed by atoms with Crippen LogP contribution in [0.2, 0.25) is 0 Å². The SMILES string of the molecule is COc1cc(C(C)=O)c(OC)nc1OC. The Morgan fingerprint density at radius 1 is 1.13 bits per heavy atom. The van der Waals surface area contributed by atoms with Gasteiger partial charge in [0.25, 0.3) is 5.88 Å². The summed E-state index contributed by atoms with van der Waals surface area (Å²) >= 11 is 0. The number of rotatable bonds is 4. The number of ether oxygens (including phenoxy) is 3. The molecule has 5 heteroatoms. The zero-order valence-electron chi connectivity index (χ0n) is 9.16. The summed E-state index contributed by atoms with van der Waals surface area (Å²) in [4.78, 5) is 15.3. The molecule has 0 aliphatic heterocycles. The Morgan fingerprint density at radius 3 is 2.13 bits per heavy atom. The molecule has 1 aromatic heterocycles. The largest absolute Gasteiger partial charge is 0.491 e. The van der Waals surface area contributed by atoms with E-state index in [4.69, 9.17) is 14.2 Å². The molecular formula is C10H13NO4. The lowest BCUT2D eigenvalue weighted by Crippen LogP contribution is -2.03. The number of nitrogens with zero attached hydrogens (tertiary/aromatic N) is 1. The van der Waals surface area contributed by atoms with Crippen molar-refractivity contribution in [2.75, 3.05) is 21.3 Å². The molecule has 0 saturated carbocycles. The van der Waals surface area contributed by atoms with E-state index >= 15 is 0 Å². The molecule has 1 aromatic rings. The van der Waals surface area contributed by atoms with Crippen LogP contribution in [0.5, 0.6) is 17.5 Å². The number of Topliss-reactive ketones (excluding diaryl/α,β-unsaturated/α-hetero) is 1. The maximum absolute atomic E-state index is 11.3. The van der Waals surface area contributed by atoms with Crippen LogP contribution < -0.4 is 14.2 Å². The molecule has 0 aliphatic carbocycles. The lowest BCUT2D eigenvalue weighted by atomic mass is 10.2. The van der Waals surface area contributed by atoms with Crippen molar-refractivity contribution < 1.29 is 19.0 Å². The van der Waals surface area contributed by atoms with Crippen LogP contribution in [0.4, 0.5) is 0 Å². The third-order valence-electron chi connectivity index (χ3n) is 1.91. The number of hydrogen-bond acceptors (Lipinski definition) is 5. The van der Waals surface area contributed by atoms with Gasteiger partial charge in [-0.3, -0.25) is 4.79 Å². The average molecular weight is 211 g/mol. The van der Waals surface area contributed by atoms with Crippen molar-refractivity contribution in [3.8, 4) is 17.5 Å². The van der Waals surface area contributed by atoms with Gasteiger partial charge in [0.05, 0.1) is 26.9 Å². The van der Waals surface area contributed by atoms with Gasteiger partial charge in [-0.1, -0.05) is 0 Å². The molecule has 15 heavy (non-hydrogen) atoms. The fourth-order valence-corrected chi connectivity index (χ4v) is 1.16. The molecule has 1 rings (SSSR count). The van der Waals surface area contributed by atoms with Crippen LogP contribution in [0.15, 0.2) is 6.07 Å². The highest BCUT2D eigenvalue weighted by Crippen LogP contribution is 2.30. The Morgan fingerprint density at radius 2 is 1.73 bits per heavy atom. The lowest BCUT2D eigenvalue weighted by Gasteiger charge is -2.10. The monoisotopic (exact) mass is 211 g/mol. The normalized spacial score (nSPS) is 9.60. The van der Waals surface area contributed by atoms with Crippen LogP contribution in [-0.4, -0.2) is 32.1 Å². The highest BCUT2D eigenvalue weighted by Gasteiger charge is 2.16. The number of aromatic nitrogens is 1. The van der Waals surface area contributed by atoms with E-state index in [0.717, 1.165) is 0 Å². The molecule has 0 spiro atoms. The molecule has 0 fully saturated rings. The Balaban J connectivity index is 3.34. The standard InChI is InChI=1S/C10H13NO4/c1-6(12)7-5-8(13-2)10(15-4)11-9(7)14-3/h5H,1-4H3. The first-order valence-electron chi connectivity index (χ1n) is 4.32. The summed E-state index contributed by atoms with van der Waals surface area (Å²) in [5.74, 6) is 0.795. The van der Waals surface area contributed by atoms with Crippen LogP contribution >= 0.6 is 0 Å². The summed E-state index contributed by atoms with van der Waals surface area (Å²) in [5, 5.41) is 0. The van der Waals surface area contributed by atoms with Crippen molar-refractivity contribution in [1.82, 2.24) is 4.98 Å². The first-order chi connectivity index (χ1) is 7.13. The number of methoxy groups -OCH3 is 3. The zero-order valence-corrected chi connectivity index (χ0v) is 9.16. The molecule has 0 amide bonds. The second-order valence-corrected chi connectivity index (χ2v) is 2.81. The molecule has 5 nitrogen and oxygen atoms in total. The smallest absolute Gasteiger partial charge is 0.260 e. The molecule has 0 bridgehead atoms. The third kappa shape index (κ3) is 2.18. The summed E-state index contributed by atoms with van der Waals surface area (Å²) in [6.45, 7) is 1.44. The van der Waals surface area contributed by atoms with Crippen molar-refractivity contribution >= 4 is 5.78 Å². The predicted octanol–water partition coefficient (Wildman–Crippen LogP) is 1.31. The van der Waals surface area contributed by atoms with E-state index in [-0.39, 0.29) is 11.7 Å². The maximum Gasteiger partial charge on any atom is 0.260 e. The fourth-order valence-electron chi connectivity index (χ4n) is 1.16. The highest BCUT2D eigenvalue weighted by atomic mass is 16.5. The Hall–Kier alpha value is -1.78. The van der Waals surface area contributed by atoms with E-state index in [1.807, 2.05) is 0 Å². The first kappa shape index (κ1) is 11.3. The van der Waals surface area contributed by atoms with Crippen LogP contribution in [-0.2, 0) is 0 Å². The predicted molar refractivity (Wildman–Crippen MR) is 53.9 cm³/mol. The Labute approximate surface area is 88.0 Å². The highest BCUT2D eigenvalue weighted by molar-refractivity contribution is 5.96. The summed E-state index contributed by atoms with van der Waals surface area (Å²) in [7, 11) is 4.40. The first-order valence-corrected chi connectivity index (χ1v) is 4.32. The van der Waals surface area contributed by atoms with E-state index in [1.54, 1.807) is 6.07 Å². The minimum absolute atomic E-state index is 0.139. The molecule has 0 aromatic carbocycles. The van der Waals surface area contributed by atoms with Gasteiger partial charge in [-0.15, -0.1) is 0 Å². The van der Waals surface area contributed by atoms with Crippen LogP contribution in [0.3, 0.4) is 0 Å². The van der Waals surface area contributed by atoms with Crippen molar-refractivity contribution in [3.63, 3.8) is 0 Å². The quantitative estimate of drug-likeness (QED) is 0.703. The van der Waals surface area contributed by atoms with E-state index in [0.29, 0.717) is 17.2 Å². The fraction of sp³-hybridized carbons (Fsp3) is 0.400. The summed E-state index contributed by atoms with van der Waals surface area (Å²) in [6, 6.07) is 1.55. The Kier molecular flexibility index (Phi) is 3.49. The van der Waals surface area contributed by atoms with Gasteiger partial charge in [-0.2, -0.15) is 4.98 Å². The number of pyridine rings is 1. The minimum atomic E-state index is -0.139. The van der Waals surface area contributed by atoms with Crippen molar-refractivity contribution in [2.45, 2.75) is 6.92 Å². The molecule has 82 valence electrons. The van der Waals surface area contributed by atoms with Gasteiger partial charge >= 0.3 is 0 Å². The molecule has 0 radical (unpaired) electrons. The summed E-state index contributed by atoms with van der Waals surface area (Å²) in [5.41, 5.74) is 0.371. The second-order valence-electron chi connectivity index (χ2n) is 2.81. The third-order valence-corrected chi connectivity index (χ3v) is 1.91. The van der Waals surface area contributed by atoms with Crippen molar-refractivity contribution in [3.05, 3.63) is 11.6 Å². The molecule has 0 saturated heterocycles. The van der Waals surface area contributed by atoms with E-state index < -0.39 is 0 Å². The average Bonchev–Trinajstić information content (AvgIpc) is 2.26. The minimum Gasteiger partial charge on any atom is -0.491 e. The second kappa shape index (κ2) is 4.63. The zero-order chi connectivity index (χ0) is 11.4. The van der Waals surface area contributed by atoms with Gasteiger partial charge in [0.1, 0.15) is 0 Å². The van der Waals surface area contributed by atoms with Crippen molar-refractivity contribution in [1.29, 1.82) is 0 Å². The van der Waals surface area contributed by atoms with Gasteiger partial charge in [0.2, 0.25) is 5.88 Å². The number of carbonyl (C=O) groups is 1. The summed E-state index contributed by atoms with van der Waals surface area (Å²) in [6.07, 6.45) is 0. The number of hydrogen-bond donors (Lipinski definition) is 0. The van der Waals surface area contributed by atoms with Crippen LogP contribution in [0.1, 0.15) is 17.3 Å². The van der Waals surface area contributed by atoms with Gasteiger partial charge in [-0.05, 0) is 6.92 Å². The molecule has 0 N–H and O–H groups in total. The molecule has 0 unspecified atom stereocenters. The van der Waals surface area contributed by atoms with E-state index in [2.05, 4.69) is 4.98 Å². The van der Waals surface area contributed by atoms with Gasteiger partial charge in [0.15, 0.2) is 11.5 Å². The van der Waals surface area contributed by atoms with Gasteiger partial charge in [-0.25, -0.2) is 0 Å². The van der Waals surface area contributed by atoms with E-state index in [9.17, 15) is 4.79 Å². The topological polar surface area (TPSA) is 57.7 Å². The van der Waals surface area contributed by atoms with E-state index in [1.165, 1.54) is 28.3 Å². The van der Waals surface area contributed by atoms with Gasteiger partial charge < -0.3 is 14.2 Å². The number of carbonyl (C=O) groups excluding carboxylic acids is 1. The Bertz CT molecular complexity index is 376. The maximum atomic E-state index is 11.3.